The van der Waals surface area contributed by atoms with Crippen molar-refractivity contribution in [1.29, 1.82) is 0 Å². The van der Waals surface area contributed by atoms with E-state index in [0.29, 0.717) is 0 Å². The summed E-state index contributed by atoms with van der Waals surface area (Å²) in [4.78, 5) is 1.24. The van der Waals surface area contributed by atoms with Crippen LogP contribution >= 0.6 is 22.7 Å². The number of hydrogen-bond acceptors (Lipinski definition) is 4. The molecular formula is C13H13N3S2. The molecule has 0 unspecified atom stereocenters. The molecule has 0 aromatic carbocycles. The highest BCUT2D eigenvalue weighted by atomic mass is 32.1. The lowest BCUT2D eigenvalue weighted by molar-refractivity contribution is 0.696. The van der Waals surface area contributed by atoms with E-state index in [0.717, 1.165) is 18.8 Å². The molecule has 5 heteroatoms. The van der Waals surface area contributed by atoms with Gasteiger partial charge in [0.15, 0.2) is 0 Å². The fraction of sp³-hybridized carbons (Fsp3) is 0.154. The Balaban J connectivity index is 1.65. The number of nitrogens with one attached hydrogen (secondary N) is 2. The van der Waals surface area contributed by atoms with Crippen LogP contribution in [-0.4, -0.2) is 10.2 Å². The van der Waals surface area contributed by atoms with Crippen LogP contribution in [0.1, 0.15) is 11.1 Å². The van der Waals surface area contributed by atoms with Crippen molar-refractivity contribution in [1.82, 2.24) is 15.5 Å². The molecule has 0 aliphatic carbocycles. The summed E-state index contributed by atoms with van der Waals surface area (Å²) in [7, 11) is 0. The molecule has 3 rings (SSSR count). The minimum Gasteiger partial charge on any atom is -0.308 e. The Kier molecular flexibility index (Phi) is 3.54. The maximum absolute atomic E-state index is 4.14. The highest BCUT2D eigenvalue weighted by Crippen LogP contribution is 2.25. The maximum atomic E-state index is 4.14. The molecule has 92 valence electrons. The molecule has 0 fully saturated rings. The van der Waals surface area contributed by atoms with E-state index >= 15 is 0 Å². The van der Waals surface area contributed by atoms with Crippen molar-refractivity contribution in [3.63, 3.8) is 0 Å². The molecule has 0 radical (unpaired) electrons. The molecule has 0 spiro atoms. The minimum absolute atomic E-state index is 0.833. The Hall–Kier alpha value is -1.43. The van der Waals surface area contributed by atoms with Crippen LogP contribution < -0.4 is 5.32 Å². The van der Waals surface area contributed by atoms with Crippen LogP contribution in [0.5, 0.6) is 0 Å². The number of aromatic amines is 1. The van der Waals surface area contributed by atoms with Crippen LogP contribution in [0.25, 0.3) is 10.6 Å². The molecule has 3 heterocycles. The summed E-state index contributed by atoms with van der Waals surface area (Å²) in [5.41, 5.74) is 3.68. The molecule has 0 saturated heterocycles. The summed E-state index contributed by atoms with van der Waals surface area (Å²) in [6.07, 6.45) is 1.90. The third-order valence-electron chi connectivity index (χ3n) is 2.71. The van der Waals surface area contributed by atoms with Crippen molar-refractivity contribution < 1.29 is 0 Å². The van der Waals surface area contributed by atoms with Crippen molar-refractivity contribution in [2.45, 2.75) is 13.1 Å². The van der Waals surface area contributed by atoms with Crippen LogP contribution in [0.4, 0.5) is 0 Å². The van der Waals surface area contributed by atoms with Gasteiger partial charge in [-0.15, -0.1) is 11.3 Å². The smallest absolute Gasteiger partial charge is 0.0794 e. The first kappa shape index (κ1) is 11.6. The molecular weight excluding hydrogens is 262 g/mol. The first-order valence-corrected chi connectivity index (χ1v) is 7.53. The van der Waals surface area contributed by atoms with Gasteiger partial charge in [0.05, 0.1) is 16.8 Å². The Labute approximate surface area is 114 Å². The van der Waals surface area contributed by atoms with E-state index in [9.17, 15) is 0 Å². The van der Waals surface area contributed by atoms with Gasteiger partial charge < -0.3 is 5.32 Å². The summed E-state index contributed by atoms with van der Waals surface area (Å²) in [6, 6.07) is 6.32. The van der Waals surface area contributed by atoms with Crippen LogP contribution in [-0.2, 0) is 13.1 Å². The Morgan fingerprint density at radius 1 is 1.22 bits per heavy atom. The number of hydrogen-bond donors (Lipinski definition) is 2. The molecule has 0 bridgehead atoms. The predicted molar refractivity (Wildman–Crippen MR) is 76.8 cm³/mol. The molecule has 3 aromatic rings. The Morgan fingerprint density at radius 3 is 3.00 bits per heavy atom. The molecule has 18 heavy (non-hydrogen) atoms. The fourth-order valence-corrected chi connectivity index (χ4v) is 3.24. The lowest BCUT2D eigenvalue weighted by Gasteiger charge is -2.03. The summed E-state index contributed by atoms with van der Waals surface area (Å²) < 4.78 is 0. The number of nitrogens with zero attached hydrogens (tertiary/aromatic N) is 1. The monoisotopic (exact) mass is 275 g/mol. The third kappa shape index (κ3) is 2.53. The second kappa shape index (κ2) is 5.48. The van der Waals surface area contributed by atoms with Crippen LogP contribution in [0.15, 0.2) is 40.5 Å². The third-order valence-corrected chi connectivity index (χ3v) is 4.33. The van der Waals surface area contributed by atoms with Gasteiger partial charge in [-0.2, -0.15) is 16.4 Å². The van der Waals surface area contributed by atoms with Crippen LogP contribution in [0, 0.1) is 0 Å². The van der Waals surface area contributed by atoms with Gasteiger partial charge in [0.2, 0.25) is 0 Å². The molecule has 0 saturated carbocycles. The summed E-state index contributed by atoms with van der Waals surface area (Å²) in [6.45, 7) is 1.73. The highest BCUT2D eigenvalue weighted by molar-refractivity contribution is 7.13. The van der Waals surface area contributed by atoms with E-state index in [1.807, 2.05) is 6.20 Å². The number of aromatic nitrogens is 2. The highest BCUT2D eigenvalue weighted by Gasteiger charge is 2.07. The molecule has 2 N–H and O–H groups in total. The van der Waals surface area contributed by atoms with Crippen molar-refractivity contribution in [3.05, 3.63) is 51.7 Å². The predicted octanol–water partition coefficient (Wildman–Crippen LogP) is 3.49. The van der Waals surface area contributed by atoms with Gasteiger partial charge in [0.25, 0.3) is 0 Å². The van der Waals surface area contributed by atoms with Gasteiger partial charge in [-0.05, 0) is 33.8 Å². The lowest BCUT2D eigenvalue weighted by Crippen LogP contribution is -2.12. The van der Waals surface area contributed by atoms with Crippen molar-refractivity contribution in [3.8, 4) is 10.6 Å². The average Bonchev–Trinajstić information content (AvgIpc) is 3.12. The molecule has 0 aliphatic rings. The van der Waals surface area contributed by atoms with Crippen LogP contribution in [0.2, 0.25) is 0 Å². The van der Waals surface area contributed by atoms with Crippen molar-refractivity contribution in [2.75, 3.05) is 0 Å². The van der Waals surface area contributed by atoms with E-state index in [-0.39, 0.29) is 0 Å². The largest absolute Gasteiger partial charge is 0.308 e. The average molecular weight is 275 g/mol. The van der Waals surface area contributed by atoms with E-state index in [1.54, 1.807) is 22.7 Å². The quantitative estimate of drug-likeness (QED) is 0.748. The summed E-state index contributed by atoms with van der Waals surface area (Å²) in [5, 5.41) is 17.0. The molecule has 0 amide bonds. The van der Waals surface area contributed by atoms with Crippen LogP contribution in [0.3, 0.4) is 0 Å². The zero-order valence-electron chi connectivity index (χ0n) is 9.72. The van der Waals surface area contributed by atoms with Gasteiger partial charge in [0, 0.05) is 18.7 Å². The second-order valence-corrected chi connectivity index (χ2v) is 5.71. The topological polar surface area (TPSA) is 40.7 Å². The first-order valence-electron chi connectivity index (χ1n) is 5.71. The molecule has 0 atom stereocenters. The number of rotatable bonds is 5. The summed E-state index contributed by atoms with van der Waals surface area (Å²) >= 11 is 3.46. The maximum Gasteiger partial charge on any atom is 0.0794 e. The normalized spacial score (nSPS) is 10.9. The molecule has 3 aromatic heterocycles. The fourth-order valence-electron chi connectivity index (χ4n) is 1.81. The van der Waals surface area contributed by atoms with Gasteiger partial charge in [-0.3, -0.25) is 5.10 Å². The molecule has 0 aliphatic heterocycles. The van der Waals surface area contributed by atoms with E-state index in [1.165, 1.54) is 16.0 Å². The minimum atomic E-state index is 0.833. The van der Waals surface area contributed by atoms with Gasteiger partial charge >= 0.3 is 0 Å². The second-order valence-electron chi connectivity index (χ2n) is 3.98. The van der Waals surface area contributed by atoms with E-state index < -0.39 is 0 Å². The van der Waals surface area contributed by atoms with Gasteiger partial charge in [-0.1, -0.05) is 6.07 Å². The van der Waals surface area contributed by atoms with Gasteiger partial charge in [-0.25, -0.2) is 0 Å². The number of H-pyrrole nitrogens is 1. The Bertz CT molecular complexity index is 582. The van der Waals surface area contributed by atoms with Gasteiger partial charge in [0.1, 0.15) is 0 Å². The van der Waals surface area contributed by atoms with Crippen molar-refractivity contribution in [2.24, 2.45) is 0 Å². The summed E-state index contributed by atoms with van der Waals surface area (Å²) in [5.74, 6) is 0. The SMILES string of the molecule is c1csc(-c2[nH]ncc2CNCc2ccsc2)c1. The van der Waals surface area contributed by atoms with E-state index in [2.05, 4.69) is 49.9 Å². The first-order chi connectivity index (χ1) is 8.93. The standard InChI is InChI=1S/C13H13N3S2/c1-2-12(18-4-1)13-11(8-15-16-13)7-14-6-10-3-5-17-9-10/h1-5,8-9,14H,6-7H2,(H,15,16). The van der Waals surface area contributed by atoms with Crippen molar-refractivity contribution >= 4 is 22.7 Å². The number of thiophene rings is 2. The molecule has 3 nitrogen and oxygen atoms in total. The van der Waals surface area contributed by atoms with E-state index in [4.69, 9.17) is 0 Å². The zero-order chi connectivity index (χ0) is 12.2. The Morgan fingerprint density at radius 2 is 2.22 bits per heavy atom. The zero-order valence-corrected chi connectivity index (χ0v) is 11.4. The lowest BCUT2D eigenvalue weighted by atomic mass is 10.2.